The van der Waals surface area contributed by atoms with Crippen molar-refractivity contribution in [2.75, 3.05) is 33.9 Å². The van der Waals surface area contributed by atoms with Crippen molar-refractivity contribution in [2.45, 2.75) is 186 Å². The number of carbonyl (C=O) groups excluding carboxylic acids is 3. The van der Waals surface area contributed by atoms with Crippen LogP contribution >= 0.6 is 0 Å². The highest BCUT2D eigenvalue weighted by Gasteiger charge is 2.14. The summed E-state index contributed by atoms with van der Waals surface area (Å²) in [6.07, 6.45) is 46.3. The van der Waals surface area contributed by atoms with E-state index in [1.165, 1.54) is 64.2 Å². The minimum absolute atomic E-state index is 0.0217. The molecule has 0 amide bonds. The lowest BCUT2D eigenvalue weighted by Gasteiger charge is -2.18. The molecule has 0 saturated heterocycles. The normalized spacial score (nSPS) is 22.6. The third-order valence-corrected chi connectivity index (χ3v) is 9.48. The Kier molecular flexibility index (Phi) is 33.7. The first kappa shape index (κ1) is 47.5. The largest absolute Gasteiger partial charge is 0.463 e. The third kappa shape index (κ3) is 33.3. The second-order valence-electron chi connectivity index (χ2n) is 14.7. The van der Waals surface area contributed by atoms with E-state index in [1.54, 1.807) is 0 Å². The zero-order chi connectivity index (χ0) is 37.6. The molecule has 0 saturated carbocycles. The monoisotopic (exact) mass is 728 g/mol. The van der Waals surface area contributed by atoms with Crippen LogP contribution in [0.15, 0.2) is 48.6 Å². The molecule has 7 heteroatoms. The lowest BCUT2D eigenvalue weighted by molar-refractivity contribution is -0.150. The molecular formula is C45H77NO6. The molecular weight excluding hydrogens is 650 g/mol. The van der Waals surface area contributed by atoms with Crippen molar-refractivity contribution in [1.29, 1.82) is 0 Å². The van der Waals surface area contributed by atoms with Gasteiger partial charge in [-0.3, -0.25) is 9.59 Å². The highest BCUT2D eigenvalue weighted by molar-refractivity contribution is 5.69. The molecule has 0 radical (unpaired) electrons. The molecule has 0 N–H and O–H groups in total. The van der Waals surface area contributed by atoms with E-state index < -0.39 is 6.10 Å². The van der Waals surface area contributed by atoms with Crippen LogP contribution in [0.25, 0.3) is 0 Å². The summed E-state index contributed by atoms with van der Waals surface area (Å²) in [5.74, 6) is -0.220. The van der Waals surface area contributed by atoms with Crippen molar-refractivity contribution in [2.24, 2.45) is 0 Å². The van der Waals surface area contributed by atoms with Gasteiger partial charge in [0.05, 0.1) is 6.61 Å². The molecule has 2 unspecified atom stereocenters. The number of rotatable bonds is 6. The van der Waals surface area contributed by atoms with Crippen LogP contribution in [0.1, 0.15) is 173 Å². The Labute approximate surface area is 319 Å². The van der Waals surface area contributed by atoms with Gasteiger partial charge < -0.3 is 23.9 Å². The van der Waals surface area contributed by atoms with Gasteiger partial charge >= 0.3 is 11.9 Å². The van der Waals surface area contributed by atoms with Crippen molar-refractivity contribution in [3.05, 3.63) is 48.6 Å². The van der Waals surface area contributed by atoms with Gasteiger partial charge in [-0.05, 0) is 130 Å². The zero-order valence-corrected chi connectivity index (χ0v) is 33.5. The number of hydrogen-bond donors (Lipinski definition) is 0. The first-order valence-corrected chi connectivity index (χ1v) is 21.2. The van der Waals surface area contributed by atoms with E-state index in [-0.39, 0.29) is 31.3 Å². The summed E-state index contributed by atoms with van der Waals surface area (Å²) in [7, 11) is 4.09. The summed E-state index contributed by atoms with van der Waals surface area (Å²) in [5, 5.41) is 0. The van der Waals surface area contributed by atoms with E-state index in [1.807, 2.05) is 14.1 Å². The van der Waals surface area contributed by atoms with Gasteiger partial charge in [0, 0.05) is 12.8 Å². The molecule has 1 aliphatic heterocycles. The molecule has 52 heavy (non-hydrogen) atoms. The fraction of sp³-hybridized carbons (Fsp3) is 0.756. The van der Waals surface area contributed by atoms with Crippen LogP contribution in [0.5, 0.6) is 0 Å². The topological polar surface area (TPSA) is 82.1 Å². The summed E-state index contributed by atoms with van der Waals surface area (Å²) in [5.41, 5.74) is 0. The standard InChI is InChI=1S/C45H77NO6/c1-46(2)38-32-37-45(49)52-42-33-28-24-20-16-12-8-4-3-5-11-15-19-23-27-31-36-44(48)51-40-39-50-43(41-47)35-30-26-22-18-14-10-7-6-9-13-17-21-25-29-34-42/h3,5,7,10,15,18-19,22,41-43H,4,6,8-9,11-14,16-17,20-21,23-40H2,1-2H3. The summed E-state index contributed by atoms with van der Waals surface area (Å²) < 4.78 is 16.9. The predicted octanol–water partition coefficient (Wildman–Crippen LogP) is 11.4. The molecule has 0 bridgehead atoms. The molecule has 1 heterocycles. The third-order valence-electron chi connectivity index (χ3n) is 9.48. The van der Waals surface area contributed by atoms with E-state index in [9.17, 15) is 14.4 Å². The minimum Gasteiger partial charge on any atom is -0.463 e. The molecule has 298 valence electrons. The average Bonchev–Trinajstić information content (AvgIpc) is 3.12. The van der Waals surface area contributed by atoms with Crippen LogP contribution in [0.3, 0.4) is 0 Å². The quantitative estimate of drug-likeness (QED) is 0.153. The Morgan fingerprint density at radius 1 is 0.673 bits per heavy atom. The van der Waals surface area contributed by atoms with E-state index in [4.69, 9.17) is 14.2 Å². The van der Waals surface area contributed by atoms with Gasteiger partial charge in [0.1, 0.15) is 25.1 Å². The van der Waals surface area contributed by atoms with Crippen LogP contribution in [0.4, 0.5) is 0 Å². The van der Waals surface area contributed by atoms with Crippen molar-refractivity contribution in [3.8, 4) is 0 Å². The number of cyclic esters (lactones) is 1. The van der Waals surface area contributed by atoms with E-state index in [0.717, 1.165) is 103 Å². The van der Waals surface area contributed by atoms with Crippen LogP contribution in [0.2, 0.25) is 0 Å². The predicted molar refractivity (Wildman–Crippen MR) is 216 cm³/mol. The molecule has 0 aliphatic carbocycles. The number of esters is 2. The van der Waals surface area contributed by atoms with Crippen LogP contribution in [-0.4, -0.2) is 69.2 Å². The maximum Gasteiger partial charge on any atom is 0.306 e. The van der Waals surface area contributed by atoms with Gasteiger partial charge in [-0.2, -0.15) is 0 Å². The Bertz CT molecular complexity index is 971. The maximum atomic E-state index is 12.6. The van der Waals surface area contributed by atoms with Crippen molar-refractivity contribution in [3.63, 3.8) is 0 Å². The van der Waals surface area contributed by atoms with E-state index in [0.29, 0.717) is 19.3 Å². The molecule has 0 aromatic carbocycles. The number of allylic oxidation sites excluding steroid dienone is 8. The van der Waals surface area contributed by atoms with Gasteiger partial charge in [0.15, 0.2) is 0 Å². The van der Waals surface area contributed by atoms with Crippen LogP contribution in [0, 0.1) is 0 Å². The van der Waals surface area contributed by atoms with E-state index >= 15 is 0 Å². The van der Waals surface area contributed by atoms with Gasteiger partial charge in [-0.1, -0.05) is 100.0 Å². The molecule has 1 rings (SSSR count). The molecule has 0 spiro atoms. The number of ether oxygens (including phenoxy) is 3. The summed E-state index contributed by atoms with van der Waals surface area (Å²) in [4.78, 5) is 38.1. The average molecular weight is 728 g/mol. The molecule has 0 aromatic heterocycles. The van der Waals surface area contributed by atoms with Gasteiger partial charge in [0.2, 0.25) is 0 Å². The Balaban J connectivity index is 2.47. The van der Waals surface area contributed by atoms with Crippen molar-refractivity contribution in [1.82, 2.24) is 4.90 Å². The second kappa shape index (κ2) is 36.8. The lowest BCUT2D eigenvalue weighted by atomic mass is 10.0. The summed E-state index contributed by atoms with van der Waals surface area (Å²) in [6, 6.07) is 0. The first-order chi connectivity index (χ1) is 25.5. The highest BCUT2D eigenvalue weighted by atomic mass is 16.6. The fourth-order valence-electron chi connectivity index (χ4n) is 6.33. The highest BCUT2D eigenvalue weighted by Crippen LogP contribution is 2.18. The minimum atomic E-state index is -0.446. The molecule has 0 fully saturated rings. The van der Waals surface area contributed by atoms with Gasteiger partial charge in [0.25, 0.3) is 0 Å². The van der Waals surface area contributed by atoms with E-state index in [2.05, 4.69) is 53.5 Å². The Morgan fingerprint density at radius 3 is 1.71 bits per heavy atom. The van der Waals surface area contributed by atoms with Crippen molar-refractivity contribution >= 4 is 18.2 Å². The number of hydrogen-bond acceptors (Lipinski definition) is 7. The number of carbonyl (C=O) groups is 3. The SMILES string of the molecule is CN(C)CCCC(=O)OC1CCCCCCCCC=CCC=CCCCCC(=O)OCCOC(C=O)CCCC=CCC=CCCCCCCCC1. The lowest BCUT2D eigenvalue weighted by Crippen LogP contribution is -2.20. The summed E-state index contributed by atoms with van der Waals surface area (Å²) >= 11 is 0. The molecule has 0 aromatic rings. The Morgan fingerprint density at radius 2 is 1.17 bits per heavy atom. The zero-order valence-electron chi connectivity index (χ0n) is 33.5. The molecule has 2 atom stereocenters. The molecule has 7 nitrogen and oxygen atoms in total. The first-order valence-electron chi connectivity index (χ1n) is 21.2. The van der Waals surface area contributed by atoms with Crippen LogP contribution in [-0.2, 0) is 28.6 Å². The number of nitrogens with zero attached hydrogens (tertiary/aromatic N) is 1. The van der Waals surface area contributed by atoms with Gasteiger partial charge in [-0.25, -0.2) is 0 Å². The Hall–Kier alpha value is -2.51. The van der Waals surface area contributed by atoms with Crippen molar-refractivity contribution < 1.29 is 28.6 Å². The smallest absolute Gasteiger partial charge is 0.306 e. The number of aldehydes is 1. The maximum absolute atomic E-state index is 12.6. The fourth-order valence-corrected chi connectivity index (χ4v) is 6.33. The summed E-state index contributed by atoms with van der Waals surface area (Å²) in [6.45, 7) is 1.37. The van der Waals surface area contributed by atoms with Gasteiger partial charge in [-0.15, -0.1) is 0 Å². The van der Waals surface area contributed by atoms with Crippen LogP contribution < -0.4 is 0 Å². The molecule has 1 aliphatic rings. The second-order valence-corrected chi connectivity index (χ2v) is 14.7.